The monoisotopic (exact) mass is 446 g/mol. The number of dihydropyridines is 1. The second-order valence-corrected chi connectivity index (χ2v) is 8.07. The Hall–Kier alpha value is -3.94. The molecule has 8 nitrogen and oxygen atoms in total. The summed E-state index contributed by atoms with van der Waals surface area (Å²) >= 11 is 0. The van der Waals surface area contributed by atoms with Gasteiger partial charge in [0.05, 0.1) is 23.3 Å². The molecule has 0 radical (unpaired) electrons. The summed E-state index contributed by atoms with van der Waals surface area (Å²) in [5.41, 5.74) is 4.13. The van der Waals surface area contributed by atoms with Gasteiger partial charge in [0.25, 0.3) is 5.89 Å². The number of allylic oxidation sites excluding steroid dienone is 3. The molecule has 2 aromatic heterocycles. The SMILES string of the molecule is CC1=C(OC(=O)OC(C)C)C(c2cccnc2)C(c2nc(Cc3ccccc3)no2)=C(C)N1. The van der Waals surface area contributed by atoms with E-state index in [9.17, 15) is 4.79 Å². The van der Waals surface area contributed by atoms with Crippen molar-refractivity contribution in [2.24, 2.45) is 0 Å². The molecule has 33 heavy (non-hydrogen) atoms. The Morgan fingerprint density at radius 1 is 1.12 bits per heavy atom. The highest BCUT2D eigenvalue weighted by Gasteiger charge is 2.36. The van der Waals surface area contributed by atoms with Gasteiger partial charge in [-0.05, 0) is 44.9 Å². The third kappa shape index (κ3) is 5.11. The number of hydrogen-bond donors (Lipinski definition) is 1. The average molecular weight is 447 g/mol. The molecule has 1 N–H and O–H groups in total. The van der Waals surface area contributed by atoms with E-state index in [2.05, 4.69) is 20.4 Å². The number of nitrogens with zero attached hydrogens (tertiary/aromatic N) is 3. The Kier molecular flexibility index (Phi) is 6.53. The van der Waals surface area contributed by atoms with Crippen molar-refractivity contribution in [1.82, 2.24) is 20.4 Å². The molecule has 0 fully saturated rings. The van der Waals surface area contributed by atoms with Crippen LogP contribution in [-0.2, 0) is 15.9 Å². The summed E-state index contributed by atoms with van der Waals surface area (Å²) in [5, 5.41) is 7.45. The largest absolute Gasteiger partial charge is 0.513 e. The van der Waals surface area contributed by atoms with Gasteiger partial charge in [0.2, 0.25) is 0 Å². The predicted octanol–water partition coefficient (Wildman–Crippen LogP) is 4.97. The lowest BCUT2D eigenvalue weighted by Crippen LogP contribution is -2.27. The molecular weight excluding hydrogens is 420 g/mol. The number of pyridine rings is 1. The van der Waals surface area contributed by atoms with Gasteiger partial charge >= 0.3 is 6.16 Å². The molecule has 0 aliphatic carbocycles. The molecule has 0 saturated heterocycles. The van der Waals surface area contributed by atoms with Crippen molar-refractivity contribution < 1.29 is 18.8 Å². The Morgan fingerprint density at radius 2 is 1.91 bits per heavy atom. The highest BCUT2D eigenvalue weighted by molar-refractivity contribution is 5.75. The molecule has 8 heteroatoms. The summed E-state index contributed by atoms with van der Waals surface area (Å²) in [6, 6.07) is 13.7. The molecular formula is C25H26N4O4. The Bertz CT molecular complexity index is 1180. The number of carbonyl (C=O) groups excluding carboxylic acids is 1. The Balaban J connectivity index is 1.71. The molecule has 170 valence electrons. The maximum atomic E-state index is 12.4. The smallest absolute Gasteiger partial charge is 0.431 e. The van der Waals surface area contributed by atoms with E-state index in [1.165, 1.54) is 0 Å². The molecule has 0 amide bonds. The van der Waals surface area contributed by atoms with E-state index in [0.717, 1.165) is 16.8 Å². The van der Waals surface area contributed by atoms with Crippen LogP contribution in [0.2, 0.25) is 0 Å². The van der Waals surface area contributed by atoms with E-state index in [1.807, 2.05) is 56.3 Å². The number of benzene rings is 1. The summed E-state index contributed by atoms with van der Waals surface area (Å²) in [5.74, 6) is 0.835. The van der Waals surface area contributed by atoms with Gasteiger partial charge < -0.3 is 19.3 Å². The lowest BCUT2D eigenvalue weighted by atomic mass is 9.85. The first-order chi connectivity index (χ1) is 15.9. The van der Waals surface area contributed by atoms with Gasteiger partial charge in [-0.15, -0.1) is 0 Å². The number of aromatic nitrogens is 3. The lowest BCUT2D eigenvalue weighted by molar-refractivity contribution is 0.0504. The molecule has 0 saturated carbocycles. The van der Waals surface area contributed by atoms with Crippen molar-refractivity contribution in [3.8, 4) is 0 Å². The maximum Gasteiger partial charge on any atom is 0.513 e. The molecule has 1 aromatic carbocycles. The van der Waals surface area contributed by atoms with Gasteiger partial charge in [0.1, 0.15) is 5.76 Å². The van der Waals surface area contributed by atoms with Crippen molar-refractivity contribution in [2.45, 2.75) is 46.1 Å². The minimum atomic E-state index is -0.774. The number of hydrogen-bond acceptors (Lipinski definition) is 8. The zero-order valence-electron chi connectivity index (χ0n) is 19.0. The molecule has 3 aromatic rings. The van der Waals surface area contributed by atoms with Crippen LogP contribution in [0.15, 0.2) is 76.5 Å². The fourth-order valence-corrected chi connectivity index (χ4v) is 3.78. The first-order valence-electron chi connectivity index (χ1n) is 10.8. The third-order valence-corrected chi connectivity index (χ3v) is 5.15. The van der Waals surface area contributed by atoms with Crippen LogP contribution in [0.5, 0.6) is 0 Å². The molecule has 1 aliphatic rings. The quantitative estimate of drug-likeness (QED) is 0.530. The predicted molar refractivity (Wildman–Crippen MR) is 122 cm³/mol. The van der Waals surface area contributed by atoms with Gasteiger partial charge in [-0.2, -0.15) is 4.98 Å². The third-order valence-electron chi connectivity index (χ3n) is 5.15. The van der Waals surface area contributed by atoms with Crippen molar-refractivity contribution in [3.63, 3.8) is 0 Å². The van der Waals surface area contributed by atoms with Crippen LogP contribution >= 0.6 is 0 Å². The number of ether oxygens (including phenoxy) is 2. The molecule has 0 spiro atoms. The van der Waals surface area contributed by atoms with E-state index in [-0.39, 0.29) is 6.10 Å². The standard InChI is InChI=1S/C25H26N4O4/c1-15(2)31-25(30)32-23-17(4)27-16(3)21(22(23)19-11-8-12-26-14-19)24-28-20(29-33-24)13-18-9-6-5-7-10-18/h5-12,14-15,22,27H,13H2,1-4H3. The van der Waals surface area contributed by atoms with E-state index in [0.29, 0.717) is 35.2 Å². The van der Waals surface area contributed by atoms with Gasteiger partial charge in [-0.3, -0.25) is 4.98 Å². The second kappa shape index (κ2) is 9.68. The molecule has 1 atom stereocenters. The van der Waals surface area contributed by atoms with Crippen molar-refractivity contribution in [2.75, 3.05) is 0 Å². The van der Waals surface area contributed by atoms with Gasteiger partial charge in [-0.1, -0.05) is 41.6 Å². The Morgan fingerprint density at radius 3 is 2.61 bits per heavy atom. The average Bonchev–Trinajstić information content (AvgIpc) is 3.24. The molecule has 0 bridgehead atoms. The fourth-order valence-electron chi connectivity index (χ4n) is 3.78. The second-order valence-electron chi connectivity index (χ2n) is 8.07. The number of carbonyl (C=O) groups is 1. The summed E-state index contributed by atoms with van der Waals surface area (Å²) in [7, 11) is 0. The summed E-state index contributed by atoms with van der Waals surface area (Å²) < 4.78 is 16.6. The fraction of sp³-hybridized carbons (Fsp3) is 0.280. The minimum Gasteiger partial charge on any atom is -0.431 e. The van der Waals surface area contributed by atoms with Gasteiger partial charge in [0, 0.05) is 24.5 Å². The van der Waals surface area contributed by atoms with Crippen LogP contribution < -0.4 is 5.32 Å². The first kappa shape index (κ1) is 22.3. The van der Waals surface area contributed by atoms with E-state index in [4.69, 9.17) is 14.0 Å². The molecule has 3 heterocycles. The number of nitrogens with one attached hydrogen (secondary N) is 1. The zero-order valence-corrected chi connectivity index (χ0v) is 19.0. The minimum absolute atomic E-state index is 0.306. The van der Waals surface area contributed by atoms with Crippen molar-refractivity contribution >= 4 is 11.7 Å². The van der Waals surface area contributed by atoms with Crippen LogP contribution in [0.25, 0.3) is 5.57 Å². The van der Waals surface area contributed by atoms with Gasteiger partial charge in [0.15, 0.2) is 5.82 Å². The van der Waals surface area contributed by atoms with E-state index in [1.54, 1.807) is 26.2 Å². The van der Waals surface area contributed by atoms with Crippen LogP contribution in [0, 0.1) is 0 Å². The van der Waals surface area contributed by atoms with Crippen molar-refractivity contribution in [3.05, 3.63) is 94.9 Å². The first-order valence-corrected chi connectivity index (χ1v) is 10.8. The van der Waals surface area contributed by atoms with Crippen LogP contribution in [0.4, 0.5) is 4.79 Å². The molecule has 4 rings (SSSR count). The van der Waals surface area contributed by atoms with E-state index >= 15 is 0 Å². The zero-order chi connectivity index (χ0) is 23.4. The van der Waals surface area contributed by atoms with Crippen molar-refractivity contribution in [1.29, 1.82) is 0 Å². The molecule has 1 aliphatic heterocycles. The summed E-state index contributed by atoms with van der Waals surface area (Å²) in [6.07, 6.45) is 2.88. The van der Waals surface area contributed by atoms with E-state index < -0.39 is 12.1 Å². The lowest BCUT2D eigenvalue weighted by Gasteiger charge is -2.29. The highest BCUT2D eigenvalue weighted by Crippen LogP contribution is 2.43. The maximum absolute atomic E-state index is 12.4. The topological polar surface area (TPSA) is 99.4 Å². The Labute approximate surface area is 192 Å². The summed E-state index contributed by atoms with van der Waals surface area (Å²) in [6.45, 7) is 7.30. The van der Waals surface area contributed by atoms with Gasteiger partial charge in [-0.25, -0.2) is 4.79 Å². The van der Waals surface area contributed by atoms with Crippen LogP contribution in [0.1, 0.15) is 56.5 Å². The van der Waals surface area contributed by atoms with Crippen LogP contribution in [-0.4, -0.2) is 27.4 Å². The molecule has 1 unspecified atom stereocenters. The highest BCUT2D eigenvalue weighted by atomic mass is 16.7. The number of rotatable bonds is 6. The summed E-state index contributed by atoms with van der Waals surface area (Å²) in [4.78, 5) is 21.3. The normalized spacial score (nSPS) is 16.1. The van der Waals surface area contributed by atoms with Crippen LogP contribution in [0.3, 0.4) is 0 Å².